The van der Waals surface area contributed by atoms with Crippen molar-refractivity contribution in [2.75, 3.05) is 0 Å². The van der Waals surface area contributed by atoms with E-state index in [0.29, 0.717) is 0 Å². The Hall–Kier alpha value is -0.790. The van der Waals surface area contributed by atoms with Gasteiger partial charge in [0.15, 0.2) is 0 Å². The number of aromatic nitrogens is 2. The van der Waals surface area contributed by atoms with Crippen molar-refractivity contribution in [3.05, 3.63) is 17.5 Å². The molecule has 1 aromatic heterocycles. The second-order valence-corrected chi connectivity index (χ2v) is 4.64. The molecule has 74 valence electrons. The minimum atomic E-state index is 0.170. The number of nitrogens with zero attached hydrogens (tertiary/aromatic N) is 2. The monoisotopic (exact) mass is 180 g/mol. The molecule has 2 heteroatoms. The third-order valence-electron chi connectivity index (χ3n) is 2.19. The Morgan fingerprint density at radius 1 is 1.38 bits per heavy atom. The normalized spacial score (nSPS) is 12.1. The fraction of sp³-hybridized carbons (Fsp3) is 0.727. The molecular weight excluding hydrogens is 160 g/mol. The summed E-state index contributed by atoms with van der Waals surface area (Å²) in [5.41, 5.74) is 2.63. The summed E-state index contributed by atoms with van der Waals surface area (Å²) in [7, 11) is 0. The van der Waals surface area contributed by atoms with Crippen LogP contribution in [0.5, 0.6) is 0 Å². The van der Waals surface area contributed by atoms with Crippen LogP contribution in [0, 0.1) is 6.92 Å². The Kier molecular flexibility index (Phi) is 2.79. The number of hydrogen-bond donors (Lipinski definition) is 0. The first-order valence-electron chi connectivity index (χ1n) is 5.00. The van der Waals surface area contributed by atoms with Crippen molar-refractivity contribution in [2.45, 2.75) is 53.0 Å². The van der Waals surface area contributed by atoms with E-state index in [2.05, 4.69) is 50.5 Å². The lowest BCUT2D eigenvalue weighted by atomic mass is 9.92. The minimum absolute atomic E-state index is 0.170. The Labute approximate surface area is 81.0 Å². The van der Waals surface area contributed by atoms with E-state index in [9.17, 15) is 0 Å². The zero-order chi connectivity index (χ0) is 10.1. The van der Waals surface area contributed by atoms with Crippen molar-refractivity contribution < 1.29 is 0 Å². The minimum Gasteiger partial charge on any atom is -0.270 e. The van der Waals surface area contributed by atoms with Crippen LogP contribution in [0.1, 0.15) is 45.5 Å². The summed E-state index contributed by atoms with van der Waals surface area (Å²) in [6.45, 7) is 11.9. The van der Waals surface area contributed by atoms with Crippen LogP contribution in [0.2, 0.25) is 0 Å². The SMILES string of the molecule is CCCn1nc(C(C)(C)C)cc1C. The molecular formula is C11H20N2. The molecule has 0 bridgehead atoms. The van der Waals surface area contributed by atoms with Crippen LogP contribution in [0.3, 0.4) is 0 Å². The quantitative estimate of drug-likeness (QED) is 0.684. The summed E-state index contributed by atoms with van der Waals surface area (Å²) < 4.78 is 2.10. The fourth-order valence-corrected chi connectivity index (χ4v) is 1.31. The molecule has 0 aromatic carbocycles. The molecule has 0 spiro atoms. The molecule has 13 heavy (non-hydrogen) atoms. The molecule has 0 saturated carbocycles. The maximum Gasteiger partial charge on any atom is 0.0680 e. The Morgan fingerprint density at radius 3 is 2.38 bits per heavy atom. The van der Waals surface area contributed by atoms with Gasteiger partial charge in [-0.25, -0.2) is 0 Å². The number of hydrogen-bond acceptors (Lipinski definition) is 1. The molecule has 2 nitrogen and oxygen atoms in total. The van der Waals surface area contributed by atoms with Crippen LogP contribution in [-0.4, -0.2) is 9.78 Å². The van der Waals surface area contributed by atoms with E-state index < -0.39 is 0 Å². The summed E-state index contributed by atoms with van der Waals surface area (Å²) in [5, 5.41) is 4.59. The van der Waals surface area contributed by atoms with Crippen molar-refractivity contribution in [1.29, 1.82) is 0 Å². The molecule has 0 fully saturated rings. The maximum atomic E-state index is 4.59. The highest BCUT2D eigenvalue weighted by Gasteiger charge is 2.17. The van der Waals surface area contributed by atoms with E-state index in [1.807, 2.05) is 0 Å². The predicted octanol–water partition coefficient (Wildman–Crippen LogP) is 2.90. The molecule has 0 amide bonds. The standard InChI is InChI=1S/C11H20N2/c1-6-7-13-9(2)8-10(12-13)11(3,4)5/h8H,6-7H2,1-5H3. The Balaban J connectivity index is 2.95. The van der Waals surface area contributed by atoms with Crippen LogP contribution in [0.25, 0.3) is 0 Å². The van der Waals surface area contributed by atoms with Crippen molar-refractivity contribution in [2.24, 2.45) is 0 Å². The lowest BCUT2D eigenvalue weighted by molar-refractivity contribution is 0.524. The molecule has 1 heterocycles. The molecule has 1 rings (SSSR count). The van der Waals surface area contributed by atoms with Gasteiger partial charge in [-0.05, 0) is 19.4 Å². The zero-order valence-electron chi connectivity index (χ0n) is 9.39. The van der Waals surface area contributed by atoms with Gasteiger partial charge in [0, 0.05) is 17.7 Å². The molecule has 0 radical (unpaired) electrons. The Bertz CT molecular complexity index is 279. The van der Waals surface area contributed by atoms with Gasteiger partial charge in [0.2, 0.25) is 0 Å². The van der Waals surface area contributed by atoms with Crippen molar-refractivity contribution in [1.82, 2.24) is 9.78 Å². The smallest absolute Gasteiger partial charge is 0.0680 e. The summed E-state index contributed by atoms with van der Waals surface area (Å²) >= 11 is 0. The number of aryl methyl sites for hydroxylation is 2. The van der Waals surface area contributed by atoms with Crippen LogP contribution in [0.15, 0.2) is 6.07 Å². The first-order chi connectivity index (χ1) is 5.95. The zero-order valence-corrected chi connectivity index (χ0v) is 9.39. The van der Waals surface area contributed by atoms with Gasteiger partial charge in [0.25, 0.3) is 0 Å². The third-order valence-corrected chi connectivity index (χ3v) is 2.19. The van der Waals surface area contributed by atoms with E-state index in [1.165, 1.54) is 11.4 Å². The molecule has 0 aliphatic carbocycles. The van der Waals surface area contributed by atoms with Gasteiger partial charge in [-0.3, -0.25) is 4.68 Å². The summed E-state index contributed by atoms with van der Waals surface area (Å²) in [6, 6.07) is 2.19. The lowest BCUT2D eigenvalue weighted by Gasteiger charge is -2.14. The highest BCUT2D eigenvalue weighted by atomic mass is 15.3. The van der Waals surface area contributed by atoms with Crippen LogP contribution in [-0.2, 0) is 12.0 Å². The molecule has 0 unspecified atom stereocenters. The van der Waals surface area contributed by atoms with E-state index in [0.717, 1.165) is 13.0 Å². The molecule has 0 atom stereocenters. The van der Waals surface area contributed by atoms with Crippen LogP contribution in [0.4, 0.5) is 0 Å². The molecule has 1 aromatic rings. The summed E-state index contributed by atoms with van der Waals surface area (Å²) in [6.07, 6.45) is 1.14. The largest absolute Gasteiger partial charge is 0.270 e. The van der Waals surface area contributed by atoms with E-state index in [-0.39, 0.29) is 5.41 Å². The second-order valence-electron chi connectivity index (χ2n) is 4.64. The maximum absolute atomic E-state index is 4.59. The topological polar surface area (TPSA) is 17.8 Å². The first-order valence-corrected chi connectivity index (χ1v) is 5.00. The fourth-order valence-electron chi connectivity index (χ4n) is 1.31. The van der Waals surface area contributed by atoms with Gasteiger partial charge in [-0.2, -0.15) is 5.10 Å². The first kappa shape index (κ1) is 10.3. The van der Waals surface area contributed by atoms with Gasteiger partial charge < -0.3 is 0 Å². The highest BCUT2D eigenvalue weighted by Crippen LogP contribution is 2.21. The van der Waals surface area contributed by atoms with Gasteiger partial charge in [0.1, 0.15) is 0 Å². The summed E-state index contributed by atoms with van der Waals surface area (Å²) in [5.74, 6) is 0. The lowest BCUT2D eigenvalue weighted by Crippen LogP contribution is -2.13. The summed E-state index contributed by atoms with van der Waals surface area (Å²) in [4.78, 5) is 0. The van der Waals surface area contributed by atoms with Crippen LogP contribution < -0.4 is 0 Å². The highest BCUT2D eigenvalue weighted by molar-refractivity contribution is 5.16. The van der Waals surface area contributed by atoms with Gasteiger partial charge >= 0.3 is 0 Å². The molecule has 0 aliphatic heterocycles. The molecule has 0 N–H and O–H groups in total. The van der Waals surface area contributed by atoms with Crippen molar-refractivity contribution >= 4 is 0 Å². The predicted molar refractivity (Wildman–Crippen MR) is 56.0 cm³/mol. The average molecular weight is 180 g/mol. The molecule has 0 aliphatic rings. The third kappa shape index (κ3) is 2.33. The van der Waals surface area contributed by atoms with Crippen LogP contribution >= 0.6 is 0 Å². The molecule has 0 saturated heterocycles. The Morgan fingerprint density at radius 2 is 2.00 bits per heavy atom. The second kappa shape index (κ2) is 3.52. The van der Waals surface area contributed by atoms with Gasteiger partial charge in [0.05, 0.1) is 5.69 Å². The van der Waals surface area contributed by atoms with E-state index in [4.69, 9.17) is 0 Å². The van der Waals surface area contributed by atoms with E-state index in [1.54, 1.807) is 0 Å². The number of rotatable bonds is 2. The van der Waals surface area contributed by atoms with Gasteiger partial charge in [-0.1, -0.05) is 27.7 Å². The van der Waals surface area contributed by atoms with Crippen molar-refractivity contribution in [3.63, 3.8) is 0 Å². The van der Waals surface area contributed by atoms with Crippen molar-refractivity contribution in [3.8, 4) is 0 Å². The van der Waals surface area contributed by atoms with Gasteiger partial charge in [-0.15, -0.1) is 0 Å². The average Bonchev–Trinajstić information content (AvgIpc) is 2.32. The van der Waals surface area contributed by atoms with E-state index >= 15 is 0 Å².